The van der Waals surface area contributed by atoms with Crippen LogP contribution in [0.15, 0.2) is 29.2 Å². The zero-order valence-corrected chi connectivity index (χ0v) is 13.1. The monoisotopic (exact) mass is 306 g/mol. The van der Waals surface area contributed by atoms with Gasteiger partial charge in [0.05, 0.1) is 33.5 Å². The van der Waals surface area contributed by atoms with Crippen molar-refractivity contribution >= 4 is 16.8 Å². The summed E-state index contributed by atoms with van der Waals surface area (Å²) >= 11 is 0. The van der Waals surface area contributed by atoms with E-state index in [0.717, 1.165) is 17.8 Å². The quantitative estimate of drug-likeness (QED) is 0.920. The van der Waals surface area contributed by atoms with Crippen molar-refractivity contribution in [2.75, 3.05) is 0 Å². The lowest BCUT2D eigenvalue weighted by atomic mass is 10.1. The lowest BCUT2D eigenvalue weighted by molar-refractivity contribution is 0.0696. The second-order valence-electron chi connectivity index (χ2n) is 4.88. The number of rotatable bonds is 5. The van der Waals surface area contributed by atoms with Crippen molar-refractivity contribution < 1.29 is 14.1 Å². The number of nitrogens with zero attached hydrogens (tertiary/aromatic N) is 2. The molecule has 0 bridgehead atoms. The minimum absolute atomic E-state index is 0.195. The molecule has 0 aliphatic heterocycles. The molecule has 1 heterocycles. The number of hydrogen-bond acceptors (Lipinski definition) is 3. The van der Waals surface area contributed by atoms with Gasteiger partial charge in [-0.15, -0.1) is 0 Å². The van der Waals surface area contributed by atoms with Crippen molar-refractivity contribution in [3.8, 4) is 0 Å². The average molecular weight is 306 g/mol. The Morgan fingerprint density at radius 1 is 1.38 bits per heavy atom. The summed E-state index contributed by atoms with van der Waals surface area (Å²) in [7, 11) is 0.530. The van der Waals surface area contributed by atoms with Crippen LogP contribution >= 0.6 is 0 Å². The molecule has 5 nitrogen and oxygen atoms in total. The van der Waals surface area contributed by atoms with E-state index in [1.165, 1.54) is 6.07 Å². The minimum atomic E-state index is -1.29. The highest BCUT2D eigenvalue weighted by Crippen LogP contribution is 2.17. The maximum atomic E-state index is 12.4. The number of aromatic nitrogens is 2. The molecule has 0 radical (unpaired) electrons. The normalized spacial score (nSPS) is 12.3. The van der Waals surface area contributed by atoms with Crippen molar-refractivity contribution in [2.45, 2.75) is 30.9 Å². The van der Waals surface area contributed by atoms with E-state index >= 15 is 0 Å². The molecule has 0 amide bonds. The van der Waals surface area contributed by atoms with Crippen molar-refractivity contribution in [2.24, 2.45) is 7.05 Å². The fourth-order valence-electron chi connectivity index (χ4n) is 2.07. The number of aromatic carboxylic acids is 1. The van der Waals surface area contributed by atoms with Crippen LogP contribution in [0.2, 0.25) is 0 Å². The summed E-state index contributed by atoms with van der Waals surface area (Å²) in [6.45, 7) is 3.74. The molecule has 0 fully saturated rings. The number of carbonyl (C=O) groups is 1. The van der Waals surface area contributed by atoms with Crippen molar-refractivity contribution in [3.05, 3.63) is 46.8 Å². The van der Waals surface area contributed by atoms with Crippen LogP contribution in [0.25, 0.3) is 0 Å². The third kappa shape index (κ3) is 3.39. The van der Waals surface area contributed by atoms with E-state index in [-0.39, 0.29) is 5.56 Å². The predicted molar refractivity (Wildman–Crippen MR) is 80.8 cm³/mol. The molecule has 1 aromatic carbocycles. The Morgan fingerprint density at radius 3 is 2.67 bits per heavy atom. The largest absolute Gasteiger partial charge is 0.478 e. The first kappa shape index (κ1) is 15.4. The van der Waals surface area contributed by atoms with Gasteiger partial charge < -0.3 is 5.11 Å². The van der Waals surface area contributed by atoms with E-state index in [1.807, 2.05) is 20.0 Å². The molecule has 0 aliphatic carbocycles. The highest BCUT2D eigenvalue weighted by Gasteiger charge is 2.14. The van der Waals surface area contributed by atoms with Gasteiger partial charge in [0.2, 0.25) is 0 Å². The SMILES string of the molecule is CCc1cc(CS(=O)c2ccc(C)c(C(=O)O)c2)n(C)n1. The van der Waals surface area contributed by atoms with Crippen molar-refractivity contribution in [1.82, 2.24) is 9.78 Å². The third-order valence-electron chi connectivity index (χ3n) is 3.37. The second kappa shape index (κ2) is 6.22. The molecule has 2 aromatic rings. The third-order valence-corrected chi connectivity index (χ3v) is 4.71. The standard InChI is InChI=1S/C15H18N2O3S/c1-4-11-7-12(17(3)16-11)9-21(20)13-6-5-10(2)14(8-13)15(18)19/h5-8H,4,9H2,1-3H3,(H,18,19). The summed E-state index contributed by atoms with van der Waals surface area (Å²) in [5, 5.41) is 13.5. The smallest absolute Gasteiger partial charge is 0.335 e. The van der Waals surface area contributed by atoms with Gasteiger partial charge in [-0.3, -0.25) is 8.89 Å². The molecule has 0 saturated heterocycles. The van der Waals surface area contributed by atoms with Crippen molar-refractivity contribution in [1.29, 1.82) is 0 Å². The van der Waals surface area contributed by atoms with E-state index in [4.69, 9.17) is 5.11 Å². The molecule has 0 aliphatic rings. The topological polar surface area (TPSA) is 72.2 Å². The summed E-state index contributed by atoms with van der Waals surface area (Å²) in [5.74, 6) is -0.675. The Balaban J connectivity index is 2.26. The summed E-state index contributed by atoms with van der Waals surface area (Å²) in [5.41, 5.74) is 2.69. The van der Waals surface area contributed by atoms with Crippen molar-refractivity contribution in [3.63, 3.8) is 0 Å². The van der Waals surface area contributed by atoms with Crippen LogP contribution in [0.1, 0.15) is 34.2 Å². The van der Waals surface area contributed by atoms with Crippen LogP contribution in [-0.4, -0.2) is 25.1 Å². The Bertz CT molecular complexity index is 707. The first-order valence-electron chi connectivity index (χ1n) is 6.66. The molecule has 1 unspecified atom stereocenters. The Morgan fingerprint density at radius 2 is 2.10 bits per heavy atom. The van der Waals surface area contributed by atoms with Crippen LogP contribution in [0.3, 0.4) is 0 Å². The zero-order valence-electron chi connectivity index (χ0n) is 12.3. The van der Waals surface area contributed by atoms with Crippen LogP contribution in [-0.2, 0) is 30.0 Å². The molecule has 1 N–H and O–H groups in total. The van der Waals surface area contributed by atoms with E-state index in [9.17, 15) is 9.00 Å². The number of carboxylic acids is 1. The van der Waals surface area contributed by atoms with Crippen LogP contribution in [0, 0.1) is 6.92 Å². The molecular weight excluding hydrogens is 288 g/mol. The lowest BCUT2D eigenvalue weighted by Gasteiger charge is -2.06. The molecule has 1 atom stereocenters. The number of hydrogen-bond donors (Lipinski definition) is 1. The van der Waals surface area contributed by atoms with E-state index in [0.29, 0.717) is 16.2 Å². The Labute approximate surface area is 126 Å². The highest BCUT2D eigenvalue weighted by atomic mass is 32.2. The first-order chi connectivity index (χ1) is 9.92. The van der Waals surface area contributed by atoms with Gasteiger partial charge in [-0.25, -0.2) is 4.79 Å². The van der Waals surface area contributed by atoms with Gasteiger partial charge in [0.25, 0.3) is 0 Å². The molecule has 0 saturated carbocycles. The summed E-state index contributed by atoms with van der Waals surface area (Å²) < 4.78 is 14.2. The van der Waals surface area contributed by atoms with Gasteiger partial charge in [0.15, 0.2) is 0 Å². The van der Waals surface area contributed by atoms with Gasteiger partial charge in [0, 0.05) is 11.9 Å². The molecule has 0 spiro atoms. The minimum Gasteiger partial charge on any atom is -0.478 e. The van der Waals surface area contributed by atoms with E-state index in [2.05, 4.69) is 5.10 Å². The first-order valence-corrected chi connectivity index (χ1v) is 7.98. The van der Waals surface area contributed by atoms with Crippen LogP contribution in [0.4, 0.5) is 0 Å². The fraction of sp³-hybridized carbons (Fsp3) is 0.333. The van der Waals surface area contributed by atoms with Crippen LogP contribution in [0.5, 0.6) is 0 Å². The van der Waals surface area contributed by atoms with Gasteiger partial charge in [-0.2, -0.15) is 5.10 Å². The number of aryl methyl sites for hydroxylation is 3. The van der Waals surface area contributed by atoms with Crippen LogP contribution < -0.4 is 0 Å². The Hall–Kier alpha value is -1.95. The molecule has 112 valence electrons. The highest BCUT2D eigenvalue weighted by molar-refractivity contribution is 7.84. The number of benzene rings is 1. The summed E-state index contributed by atoms with van der Waals surface area (Å²) in [4.78, 5) is 11.7. The summed E-state index contributed by atoms with van der Waals surface area (Å²) in [6, 6.07) is 6.83. The molecule has 6 heteroatoms. The number of carboxylic acid groups (broad SMARTS) is 1. The maximum Gasteiger partial charge on any atom is 0.335 e. The van der Waals surface area contributed by atoms with E-state index < -0.39 is 16.8 Å². The van der Waals surface area contributed by atoms with Gasteiger partial charge >= 0.3 is 5.97 Å². The molecular formula is C15H18N2O3S. The van der Waals surface area contributed by atoms with Gasteiger partial charge in [-0.1, -0.05) is 13.0 Å². The van der Waals surface area contributed by atoms with Gasteiger partial charge in [0.1, 0.15) is 0 Å². The molecule has 2 rings (SSSR count). The molecule has 1 aromatic heterocycles. The second-order valence-corrected chi connectivity index (χ2v) is 6.33. The maximum absolute atomic E-state index is 12.4. The fourth-order valence-corrected chi connectivity index (χ4v) is 3.24. The van der Waals surface area contributed by atoms with E-state index in [1.54, 1.807) is 23.7 Å². The molecule has 21 heavy (non-hydrogen) atoms. The lowest BCUT2D eigenvalue weighted by Crippen LogP contribution is -2.05. The Kier molecular flexibility index (Phi) is 4.57. The zero-order chi connectivity index (χ0) is 15.6. The predicted octanol–water partition coefficient (Wildman–Crippen LogP) is 2.30. The van der Waals surface area contributed by atoms with Gasteiger partial charge in [-0.05, 0) is 37.1 Å². The average Bonchev–Trinajstić information content (AvgIpc) is 2.79. The summed E-state index contributed by atoms with van der Waals surface area (Å²) in [6.07, 6.45) is 0.828.